The Labute approximate surface area is 387 Å². The maximum atomic E-state index is 7.60. The number of rotatable bonds is 14. The van der Waals surface area contributed by atoms with Gasteiger partial charge in [0.1, 0.15) is 0 Å². The Kier molecular flexibility index (Phi) is 13.0. The van der Waals surface area contributed by atoms with Crippen molar-refractivity contribution in [3.05, 3.63) is 265 Å². The van der Waals surface area contributed by atoms with Crippen molar-refractivity contribution in [1.29, 1.82) is 0 Å². The van der Waals surface area contributed by atoms with Crippen LogP contribution in [0.25, 0.3) is 0 Å². The number of anilines is 4. The molecule has 8 aromatic rings. The second-order valence-corrected chi connectivity index (χ2v) is 19.9. The number of benzene rings is 8. The van der Waals surface area contributed by atoms with E-state index in [0.29, 0.717) is 6.42 Å². The van der Waals surface area contributed by atoms with Gasteiger partial charge >= 0.3 is 0 Å². The van der Waals surface area contributed by atoms with Crippen LogP contribution in [-0.4, -0.2) is 12.2 Å². The number of hydrogen-bond acceptors (Lipinski definition) is 6. The highest BCUT2D eigenvalue weighted by Crippen LogP contribution is 2.69. The second kappa shape index (κ2) is 19.9. The maximum Gasteiger partial charge on any atom is 0.250 e. The molecule has 0 radical (unpaired) electrons. The first kappa shape index (κ1) is 42.7. The molecule has 0 N–H and O–H groups in total. The van der Waals surface area contributed by atoms with E-state index in [1.54, 1.807) is 0 Å². The summed E-state index contributed by atoms with van der Waals surface area (Å²) in [7, 11) is -2.81. The molecule has 2 saturated heterocycles. The monoisotopic (exact) mass is 888 g/mol. The van der Waals surface area contributed by atoms with Gasteiger partial charge in [0.05, 0.1) is 36.4 Å². The van der Waals surface area contributed by atoms with Gasteiger partial charge in [-0.05, 0) is 84.6 Å². The Bertz CT molecular complexity index is 2310. The van der Waals surface area contributed by atoms with Crippen molar-refractivity contribution in [3.8, 4) is 0 Å². The molecule has 65 heavy (non-hydrogen) atoms. The quantitative estimate of drug-likeness (QED) is 0.101. The van der Waals surface area contributed by atoms with Gasteiger partial charge in [0, 0.05) is 29.2 Å². The first-order chi connectivity index (χ1) is 32.1. The molecule has 8 aromatic carbocycles. The predicted octanol–water partition coefficient (Wildman–Crippen LogP) is 15.7. The fraction of sp³-hybridized carbons (Fsp3) is 0.158. The van der Waals surface area contributed by atoms with Crippen LogP contribution in [0, 0.1) is 0 Å². The van der Waals surface area contributed by atoms with Crippen LogP contribution >= 0.6 is 16.9 Å². The van der Waals surface area contributed by atoms with Gasteiger partial charge in [0.2, 0.25) is 16.9 Å². The van der Waals surface area contributed by atoms with Crippen molar-refractivity contribution in [2.75, 3.05) is 18.7 Å². The molecule has 8 heteroatoms. The minimum Gasteiger partial charge on any atom is -0.319 e. The molecule has 2 unspecified atom stereocenters. The molecule has 0 saturated carbocycles. The molecule has 2 heterocycles. The minimum absolute atomic E-state index is 0.0289. The molecule has 2 fully saturated rings. The molecule has 0 aromatic heterocycles. The van der Waals surface area contributed by atoms with Crippen molar-refractivity contribution in [2.24, 2.45) is 0 Å². The summed E-state index contributed by atoms with van der Waals surface area (Å²) in [6, 6.07) is 87.0. The summed E-state index contributed by atoms with van der Waals surface area (Å²) in [6.45, 7) is 4.46. The van der Waals surface area contributed by atoms with Gasteiger partial charge in [-0.1, -0.05) is 194 Å². The highest BCUT2D eigenvalue weighted by molar-refractivity contribution is 7.57. The van der Waals surface area contributed by atoms with E-state index in [9.17, 15) is 0 Å². The van der Waals surface area contributed by atoms with Crippen LogP contribution in [0.3, 0.4) is 0 Å². The lowest BCUT2D eigenvalue weighted by Crippen LogP contribution is -2.26. The molecular formula is C57H54N4O2P2. The van der Waals surface area contributed by atoms with E-state index in [0.717, 1.165) is 22.7 Å². The van der Waals surface area contributed by atoms with E-state index in [4.69, 9.17) is 9.05 Å². The zero-order chi connectivity index (χ0) is 44.0. The fourth-order valence-corrected chi connectivity index (χ4v) is 14.4. The maximum absolute atomic E-state index is 7.60. The van der Waals surface area contributed by atoms with Gasteiger partial charge in [0.25, 0.3) is 0 Å². The average Bonchev–Trinajstić information content (AvgIpc) is 3.89. The normalized spacial score (nSPS) is 20.8. The van der Waals surface area contributed by atoms with Crippen LogP contribution < -0.4 is 18.7 Å². The molecule has 0 bridgehead atoms. The van der Waals surface area contributed by atoms with E-state index in [-0.39, 0.29) is 36.4 Å². The molecule has 2 aliphatic rings. The number of hydrogen-bond donors (Lipinski definition) is 0. The number of para-hydroxylation sites is 4. The molecular weight excluding hydrogens is 835 g/mol. The first-order valence-corrected chi connectivity index (χ1v) is 25.0. The summed E-state index contributed by atoms with van der Waals surface area (Å²) in [6.07, 6.45) is 0.358. The van der Waals surface area contributed by atoms with Gasteiger partial charge in [-0.2, -0.15) is 0 Å². The Morgan fingerprint density at radius 2 is 0.492 bits per heavy atom. The van der Waals surface area contributed by atoms with E-state index < -0.39 is 16.9 Å². The third-order valence-corrected chi connectivity index (χ3v) is 16.7. The summed E-state index contributed by atoms with van der Waals surface area (Å²) >= 11 is 0. The Morgan fingerprint density at radius 3 is 0.692 bits per heavy atom. The largest absolute Gasteiger partial charge is 0.319 e. The van der Waals surface area contributed by atoms with Gasteiger partial charge in [-0.25, -0.2) is 0 Å². The topological polar surface area (TPSA) is 31.4 Å². The van der Waals surface area contributed by atoms with Gasteiger partial charge in [-0.3, -0.25) is 0 Å². The number of nitrogens with zero attached hydrogens (tertiary/aromatic N) is 4. The fourth-order valence-electron chi connectivity index (χ4n) is 9.50. The van der Waals surface area contributed by atoms with E-state index >= 15 is 0 Å². The van der Waals surface area contributed by atoms with Crippen LogP contribution in [0.4, 0.5) is 22.7 Å². The van der Waals surface area contributed by atoms with E-state index in [2.05, 4.69) is 275 Å². The van der Waals surface area contributed by atoms with Crippen LogP contribution in [-0.2, 0) is 9.05 Å². The Balaban J connectivity index is 1.04. The summed E-state index contributed by atoms with van der Waals surface area (Å²) in [5.74, 6) is 0. The zero-order valence-electron chi connectivity index (χ0n) is 36.8. The van der Waals surface area contributed by atoms with Gasteiger partial charge < -0.3 is 27.7 Å². The van der Waals surface area contributed by atoms with Crippen molar-refractivity contribution >= 4 is 39.6 Å². The highest BCUT2D eigenvalue weighted by atomic mass is 31.2. The lowest BCUT2D eigenvalue weighted by molar-refractivity contribution is 0.150. The molecule has 0 aliphatic carbocycles. The summed E-state index contributed by atoms with van der Waals surface area (Å²) < 4.78 is 25.4. The van der Waals surface area contributed by atoms with Crippen LogP contribution in [0.5, 0.6) is 0 Å². The third-order valence-electron chi connectivity index (χ3n) is 12.2. The van der Waals surface area contributed by atoms with Crippen LogP contribution in [0.15, 0.2) is 243 Å². The van der Waals surface area contributed by atoms with E-state index in [1.807, 2.05) is 0 Å². The standard InChI is InChI=1S/C57H54N4O2P2/c1-44(62-64-58(50-35-19-7-20-36-50)54(46-27-11-3-12-28-46)55(47-29-13-4-14-30-47)59(64)51-37-21-8-22-38-51)43-45(2)63-65-60(52-39-23-9-24-40-52)56(48-31-15-5-16-32-48)57(49-33-17-6-18-34-49)61(65)53-41-25-10-26-42-53/h3-42,44-45,54-57H,43H2,1-2H3/t44-,45-,54+,55+,56?,57?,65?/m1/s1. The third kappa shape index (κ3) is 8.93. The molecule has 10 rings (SSSR count). The smallest absolute Gasteiger partial charge is 0.250 e. The van der Waals surface area contributed by atoms with Crippen molar-refractivity contribution < 1.29 is 9.05 Å². The average molecular weight is 889 g/mol. The lowest BCUT2D eigenvalue weighted by atomic mass is 9.92. The summed E-state index contributed by atoms with van der Waals surface area (Å²) in [5, 5.41) is 0. The first-order valence-electron chi connectivity index (χ1n) is 22.6. The molecule has 6 nitrogen and oxygen atoms in total. The predicted molar refractivity (Wildman–Crippen MR) is 272 cm³/mol. The van der Waals surface area contributed by atoms with Crippen molar-refractivity contribution in [2.45, 2.75) is 56.6 Å². The molecule has 0 amide bonds. The highest BCUT2D eigenvalue weighted by Gasteiger charge is 2.53. The Hall–Kier alpha value is -6.26. The summed E-state index contributed by atoms with van der Waals surface area (Å²) in [4.78, 5) is 0. The molecule has 324 valence electrons. The second-order valence-electron chi connectivity index (χ2n) is 16.7. The van der Waals surface area contributed by atoms with Gasteiger partial charge in [-0.15, -0.1) is 0 Å². The Morgan fingerprint density at radius 1 is 0.308 bits per heavy atom. The molecule has 0 spiro atoms. The summed E-state index contributed by atoms with van der Waals surface area (Å²) in [5.41, 5.74) is 9.52. The van der Waals surface area contributed by atoms with E-state index in [1.165, 1.54) is 22.3 Å². The van der Waals surface area contributed by atoms with Crippen molar-refractivity contribution in [1.82, 2.24) is 0 Å². The SMILES string of the molecule is C[C@H](C[C@@H](C)OP1N(c2ccccc2)[C@@H](c2ccccc2)[C@H](c2ccccc2)N1c1ccccc1)OP1N(c2ccccc2)C(c2ccccc2)C(c2ccccc2)N1c1ccccc1. The zero-order valence-corrected chi connectivity index (χ0v) is 38.6. The lowest BCUT2D eigenvalue weighted by Gasteiger charge is -2.36. The molecule has 2 aliphatic heterocycles. The van der Waals surface area contributed by atoms with Gasteiger partial charge in [0.15, 0.2) is 0 Å². The van der Waals surface area contributed by atoms with Crippen molar-refractivity contribution in [3.63, 3.8) is 0 Å². The molecule has 6 atom stereocenters. The van der Waals surface area contributed by atoms with Crippen LogP contribution in [0.2, 0.25) is 0 Å². The minimum atomic E-state index is -1.41. The van der Waals surface area contributed by atoms with Crippen LogP contribution in [0.1, 0.15) is 66.7 Å².